The van der Waals surface area contributed by atoms with Gasteiger partial charge in [-0.05, 0) is 31.5 Å². The lowest BCUT2D eigenvalue weighted by molar-refractivity contribution is 0.178. The van der Waals surface area contributed by atoms with Crippen molar-refractivity contribution >= 4 is 5.52 Å². The van der Waals surface area contributed by atoms with E-state index in [9.17, 15) is 5.11 Å². The maximum Gasteiger partial charge on any atom is 0.0882 e. The van der Waals surface area contributed by atoms with Crippen molar-refractivity contribution in [3.05, 3.63) is 54.1 Å². The normalized spacial score (nSPS) is 14.4. The molecule has 5 nitrogen and oxygen atoms in total. The Bertz CT molecular complexity index is 731. The largest absolute Gasteiger partial charge is 0.388 e. The molecule has 0 aliphatic rings. The highest BCUT2D eigenvalue weighted by Crippen LogP contribution is 2.22. The minimum absolute atomic E-state index is 0.382. The third-order valence-corrected chi connectivity index (χ3v) is 3.92. The number of fused-ring (bicyclic) bond motifs is 1. The molecule has 21 heavy (non-hydrogen) atoms. The zero-order valence-electron chi connectivity index (χ0n) is 12.3. The molecule has 110 valence electrons. The fraction of sp³-hybridized carbons (Fsp3) is 0.375. The number of hydrogen-bond donors (Lipinski definition) is 1. The van der Waals surface area contributed by atoms with Gasteiger partial charge in [0.1, 0.15) is 0 Å². The Balaban J connectivity index is 1.80. The number of hydrogen-bond acceptors (Lipinski definition) is 3. The molecule has 0 fully saturated rings. The number of nitrogens with zero attached hydrogens (tertiary/aromatic N) is 4. The smallest absolute Gasteiger partial charge is 0.0882 e. The van der Waals surface area contributed by atoms with Crippen LogP contribution in [0.15, 0.2) is 42.9 Å². The third kappa shape index (κ3) is 2.69. The molecule has 0 saturated carbocycles. The van der Waals surface area contributed by atoms with Crippen LogP contribution in [-0.4, -0.2) is 24.5 Å². The van der Waals surface area contributed by atoms with Gasteiger partial charge in [0.15, 0.2) is 0 Å². The first-order valence-electron chi connectivity index (χ1n) is 7.33. The zero-order chi connectivity index (χ0) is 14.8. The Hall–Kier alpha value is -2.14. The van der Waals surface area contributed by atoms with Crippen LogP contribution < -0.4 is 0 Å². The predicted octanol–water partition coefficient (Wildman–Crippen LogP) is 2.78. The average Bonchev–Trinajstić information content (AvgIpc) is 3.12. The molecular formula is C16H20N4O. The summed E-state index contributed by atoms with van der Waals surface area (Å²) in [7, 11) is 0. The highest BCUT2D eigenvalue weighted by molar-refractivity contribution is 5.54. The lowest BCUT2D eigenvalue weighted by atomic mass is 10.1. The van der Waals surface area contributed by atoms with Gasteiger partial charge < -0.3 is 5.11 Å². The number of aliphatic hydroxyl groups is 1. The van der Waals surface area contributed by atoms with Gasteiger partial charge in [-0.2, -0.15) is 10.2 Å². The summed E-state index contributed by atoms with van der Waals surface area (Å²) in [4.78, 5) is 0. The van der Waals surface area contributed by atoms with E-state index < -0.39 is 6.10 Å². The van der Waals surface area contributed by atoms with Crippen molar-refractivity contribution in [1.82, 2.24) is 19.4 Å². The number of rotatable bonds is 5. The first-order valence-corrected chi connectivity index (χ1v) is 7.33. The van der Waals surface area contributed by atoms with E-state index in [0.717, 1.165) is 23.2 Å². The number of pyridine rings is 1. The maximum absolute atomic E-state index is 10.5. The second-order valence-corrected chi connectivity index (χ2v) is 5.39. The van der Waals surface area contributed by atoms with Crippen LogP contribution in [0.3, 0.4) is 0 Å². The molecule has 2 unspecified atom stereocenters. The summed E-state index contributed by atoms with van der Waals surface area (Å²) in [5.74, 6) is 0. The average molecular weight is 284 g/mol. The molecule has 0 bridgehead atoms. The van der Waals surface area contributed by atoms with E-state index in [2.05, 4.69) is 24.0 Å². The summed E-state index contributed by atoms with van der Waals surface area (Å²) in [5.41, 5.74) is 2.68. The molecule has 3 rings (SSSR count). The van der Waals surface area contributed by atoms with Crippen molar-refractivity contribution in [2.45, 2.75) is 38.8 Å². The zero-order valence-corrected chi connectivity index (χ0v) is 12.3. The number of aromatic nitrogens is 4. The molecule has 3 aromatic heterocycles. The molecule has 0 spiro atoms. The monoisotopic (exact) mass is 284 g/mol. The summed E-state index contributed by atoms with van der Waals surface area (Å²) in [6.45, 7) is 4.28. The predicted molar refractivity (Wildman–Crippen MR) is 81.1 cm³/mol. The molecule has 5 heteroatoms. The molecule has 0 aliphatic heterocycles. The van der Waals surface area contributed by atoms with Crippen molar-refractivity contribution in [3.8, 4) is 0 Å². The summed E-state index contributed by atoms with van der Waals surface area (Å²) in [5, 5.41) is 19.3. The van der Waals surface area contributed by atoms with Crippen molar-refractivity contribution in [1.29, 1.82) is 0 Å². The van der Waals surface area contributed by atoms with Crippen LogP contribution in [0.2, 0.25) is 0 Å². The summed E-state index contributed by atoms with van der Waals surface area (Å²) < 4.78 is 3.73. The minimum Gasteiger partial charge on any atom is -0.388 e. The van der Waals surface area contributed by atoms with Gasteiger partial charge in [0.05, 0.1) is 23.5 Å². The SMILES string of the molecule is CCC(C)n1ccc(CC(O)c2cnn3ccccc23)n1. The van der Waals surface area contributed by atoms with E-state index >= 15 is 0 Å². The highest BCUT2D eigenvalue weighted by Gasteiger charge is 2.16. The molecule has 1 N–H and O–H groups in total. The molecule has 3 heterocycles. The van der Waals surface area contributed by atoms with E-state index in [-0.39, 0.29) is 0 Å². The van der Waals surface area contributed by atoms with Crippen molar-refractivity contribution in [3.63, 3.8) is 0 Å². The molecule has 0 aliphatic carbocycles. The van der Waals surface area contributed by atoms with Crippen LogP contribution >= 0.6 is 0 Å². The Morgan fingerprint density at radius 2 is 2.10 bits per heavy atom. The van der Waals surface area contributed by atoms with Crippen LogP contribution in [-0.2, 0) is 6.42 Å². The van der Waals surface area contributed by atoms with Gasteiger partial charge in [-0.1, -0.05) is 13.0 Å². The lowest BCUT2D eigenvalue weighted by Gasteiger charge is -2.09. The van der Waals surface area contributed by atoms with Gasteiger partial charge in [-0.15, -0.1) is 0 Å². The third-order valence-electron chi connectivity index (χ3n) is 3.92. The molecule has 2 atom stereocenters. The van der Waals surface area contributed by atoms with Gasteiger partial charge >= 0.3 is 0 Å². The van der Waals surface area contributed by atoms with E-state index in [1.54, 1.807) is 10.7 Å². The molecule has 0 aromatic carbocycles. The van der Waals surface area contributed by atoms with Gasteiger partial charge in [0.2, 0.25) is 0 Å². The Labute approximate surface area is 123 Å². The summed E-state index contributed by atoms with van der Waals surface area (Å²) >= 11 is 0. The summed E-state index contributed by atoms with van der Waals surface area (Å²) in [6, 6.07) is 8.19. The quantitative estimate of drug-likeness (QED) is 0.784. The second-order valence-electron chi connectivity index (χ2n) is 5.39. The van der Waals surface area contributed by atoms with E-state index in [4.69, 9.17) is 0 Å². The van der Waals surface area contributed by atoms with E-state index in [1.165, 1.54) is 0 Å². The second kappa shape index (κ2) is 5.69. The van der Waals surface area contributed by atoms with E-state index in [0.29, 0.717) is 12.5 Å². The molecular weight excluding hydrogens is 264 g/mol. The Kier molecular flexibility index (Phi) is 3.75. The molecule has 3 aromatic rings. The van der Waals surface area contributed by atoms with Crippen LogP contribution in [0.1, 0.15) is 43.7 Å². The van der Waals surface area contributed by atoms with Crippen molar-refractivity contribution < 1.29 is 5.11 Å². The Morgan fingerprint density at radius 3 is 2.90 bits per heavy atom. The van der Waals surface area contributed by atoms with Gasteiger partial charge in [0.25, 0.3) is 0 Å². The minimum atomic E-state index is -0.592. The Morgan fingerprint density at radius 1 is 1.24 bits per heavy atom. The van der Waals surface area contributed by atoms with Gasteiger partial charge in [-0.3, -0.25) is 4.68 Å². The first kappa shape index (κ1) is 13.8. The van der Waals surface area contributed by atoms with Crippen LogP contribution in [0.25, 0.3) is 5.52 Å². The van der Waals surface area contributed by atoms with Crippen LogP contribution in [0, 0.1) is 0 Å². The van der Waals surface area contributed by atoms with Gasteiger partial charge in [0, 0.05) is 30.4 Å². The molecule has 0 radical (unpaired) electrons. The maximum atomic E-state index is 10.5. The van der Waals surface area contributed by atoms with Crippen molar-refractivity contribution in [2.24, 2.45) is 0 Å². The van der Waals surface area contributed by atoms with Crippen LogP contribution in [0.4, 0.5) is 0 Å². The fourth-order valence-corrected chi connectivity index (χ4v) is 2.44. The van der Waals surface area contributed by atoms with Crippen molar-refractivity contribution in [2.75, 3.05) is 0 Å². The van der Waals surface area contributed by atoms with Gasteiger partial charge in [-0.25, -0.2) is 4.52 Å². The highest BCUT2D eigenvalue weighted by atomic mass is 16.3. The summed E-state index contributed by atoms with van der Waals surface area (Å²) in [6.07, 6.45) is 6.53. The van der Waals surface area contributed by atoms with Crippen LogP contribution in [0.5, 0.6) is 0 Å². The first-order chi connectivity index (χ1) is 10.2. The topological polar surface area (TPSA) is 55.3 Å². The number of aliphatic hydroxyl groups excluding tert-OH is 1. The molecule has 0 saturated heterocycles. The fourth-order valence-electron chi connectivity index (χ4n) is 2.44. The lowest BCUT2D eigenvalue weighted by Crippen LogP contribution is -2.07. The van der Waals surface area contributed by atoms with E-state index in [1.807, 2.05) is 41.3 Å². The standard InChI is InChI=1S/C16H20N4O/c1-3-12(2)19-9-7-13(18-19)10-16(21)14-11-17-20-8-5-4-6-15(14)20/h4-9,11-12,16,21H,3,10H2,1-2H3. The molecule has 0 amide bonds.